The Morgan fingerprint density at radius 1 is 1.08 bits per heavy atom. The average molecular weight is 367 g/mol. The zero-order chi connectivity index (χ0) is 18.8. The number of aromatic carboxylic acids is 1. The van der Waals surface area contributed by atoms with Crippen molar-refractivity contribution >= 4 is 27.7 Å². The molecule has 0 aromatic heterocycles. The normalized spacial score (nSPS) is 10.9. The van der Waals surface area contributed by atoms with E-state index in [0.29, 0.717) is 5.69 Å². The van der Waals surface area contributed by atoms with Gasteiger partial charge in [-0.1, -0.05) is 0 Å². The summed E-state index contributed by atoms with van der Waals surface area (Å²) in [5.74, 6) is -4.27. The minimum Gasteiger partial charge on any atom is -0.504 e. The molecule has 0 unspecified atom stereocenters. The molecule has 0 fully saturated rings. The first-order chi connectivity index (χ1) is 11.6. The Morgan fingerprint density at radius 2 is 1.68 bits per heavy atom. The summed E-state index contributed by atoms with van der Waals surface area (Å²) in [4.78, 5) is 21.6. The van der Waals surface area contributed by atoms with E-state index in [2.05, 4.69) is 5.32 Å². The lowest BCUT2D eigenvalue weighted by atomic mass is 10.2. The molecule has 10 heteroatoms. The van der Waals surface area contributed by atoms with Gasteiger partial charge in [-0.25, -0.2) is 4.79 Å². The van der Waals surface area contributed by atoms with Crippen LogP contribution in [0.5, 0.6) is 17.2 Å². The summed E-state index contributed by atoms with van der Waals surface area (Å²) in [5, 5.41) is 30.5. The molecule has 2 rings (SSSR count). The van der Waals surface area contributed by atoms with Gasteiger partial charge < -0.3 is 24.8 Å². The number of phenolic OH excluding ortho intramolecular Hbond substituents is 2. The Morgan fingerprint density at radius 3 is 2.20 bits per heavy atom. The summed E-state index contributed by atoms with van der Waals surface area (Å²) in [7, 11) is -4.42. The molecule has 0 aliphatic heterocycles. The summed E-state index contributed by atoms with van der Waals surface area (Å²) in [5.41, 5.74) is -0.110. The fourth-order valence-electron chi connectivity index (χ4n) is 1.85. The topological polar surface area (TPSA) is 150 Å². The number of amides is 1. The average Bonchev–Trinajstić information content (AvgIpc) is 2.51. The lowest BCUT2D eigenvalue weighted by molar-refractivity contribution is -0.114. The highest BCUT2D eigenvalue weighted by molar-refractivity contribution is 7.87. The number of anilines is 1. The third-order valence-corrected chi connectivity index (χ3v) is 4.21. The number of benzene rings is 2. The zero-order valence-corrected chi connectivity index (χ0v) is 13.6. The Labute approximate surface area is 142 Å². The van der Waals surface area contributed by atoms with Crippen molar-refractivity contribution in [3.8, 4) is 17.2 Å². The van der Waals surface area contributed by atoms with Crippen LogP contribution >= 0.6 is 0 Å². The second-order valence-corrected chi connectivity index (χ2v) is 6.44. The number of rotatable bonds is 5. The highest BCUT2D eigenvalue weighted by atomic mass is 32.2. The van der Waals surface area contributed by atoms with Crippen molar-refractivity contribution in [2.24, 2.45) is 0 Å². The van der Waals surface area contributed by atoms with Gasteiger partial charge in [0.05, 0.1) is 5.56 Å². The SMILES string of the molecule is CC(=O)Nc1ccc(S(=O)(=O)Oc2cc(C(=O)O)cc(O)c2O)cc1. The minimum atomic E-state index is -4.42. The van der Waals surface area contributed by atoms with Gasteiger partial charge in [0, 0.05) is 18.7 Å². The third kappa shape index (κ3) is 4.18. The first kappa shape index (κ1) is 18.1. The van der Waals surface area contributed by atoms with Crippen LogP contribution < -0.4 is 9.50 Å². The van der Waals surface area contributed by atoms with Gasteiger partial charge in [-0.3, -0.25) is 4.79 Å². The van der Waals surface area contributed by atoms with Crippen molar-refractivity contribution in [3.63, 3.8) is 0 Å². The van der Waals surface area contributed by atoms with Crippen LogP contribution in [0.25, 0.3) is 0 Å². The molecule has 0 bridgehead atoms. The molecule has 25 heavy (non-hydrogen) atoms. The molecular formula is C15H13NO8S. The number of hydrogen-bond donors (Lipinski definition) is 4. The van der Waals surface area contributed by atoms with Gasteiger partial charge in [0.1, 0.15) is 4.90 Å². The Kier molecular flexibility index (Phi) is 4.84. The number of carboxylic acid groups (broad SMARTS) is 1. The zero-order valence-electron chi connectivity index (χ0n) is 12.8. The molecule has 0 saturated carbocycles. The molecule has 0 aliphatic rings. The highest BCUT2D eigenvalue weighted by Crippen LogP contribution is 2.38. The van der Waals surface area contributed by atoms with E-state index >= 15 is 0 Å². The number of phenols is 2. The smallest absolute Gasteiger partial charge is 0.339 e. The Hall–Kier alpha value is -3.27. The van der Waals surface area contributed by atoms with E-state index in [9.17, 15) is 28.2 Å². The molecule has 0 aliphatic carbocycles. The second-order valence-electron chi connectivity index (χ2n) is 4.89. The lowest BCUT2D eigenvalue weighted by Gasteiger charge is -2.11. The Bertz CT molecular complexity index is 935. The summed E-state index contributed by atoms with van der Waals surface area (Å²) in [6, 6.07) is 6.46. The van der Waals surface area contributed by atoms with Gasteiger partial charge in [-0.05, 0) is 30.3 Å². The van der Waals surface area contributed by atoms with Gasteiger partial charge in [0.15, 0.2) is 11.5 Å². The summed E-state index contributed by atoms with van der Waals surface area (Å²) < 4.78 is 29.2. The van der Waals surface area contributed by atoms with Crippen molar-refractivity contribution in [3.05, 3.63) is 42.0 Å². The Balaban J connectivity index is 2.35. The van der Waals surface area contributed by atoms with Crippen LogP contribution in [0.3, 0.4) is 0 Å². The molecule has 0 saturated heterocycles. The molecule has 1 amide bonds. The molecular weight excluding hydrogens is 354 g/mol. The van der Waals surface area contributed by atoms with Gasteiger partial charge in [0.25, 0.3) is 0 Å². The van der Waals surface area contributed by atoms with E-state index in [1.165, 1.54) is 19.1 Å². The van der Waals surface area contributed by atoms with Crippen molar-refractivity contribution in [2.45, 2.75) is 11.8 Å². The summed E-state index contributed by atoms with van der Waals surface area (Å²) >= 11 is 0. The molecule has 9 nitrogen and oxygen atoms in total. The third-order valence-electron chi connectivity index (χ3n) is 2.96. The number of carbonyl (C=O) groups excluding carboxylic acids is 1. The van der Waals surface area contributed by atoms with Crippen molar-refractivity contribution < 1.29 is 37.5 Å². The van der Waals surface area contributed by atoms with E-state index in [4.69, 9.17) is 9.29 Å². The fourth-order valence-corrected chi connectivity index (χ4v) is 2.78. The van der Waals surface area contributed by atoms with Crippen LogP contribution in [0.1, 0.15) is 17.3 Å². The number of hydrogen-bond acceptors (Lipinski definition) is 7. The molecule has 0 atom stereocenters. The summed E-state index contributed by atoms with van der Waals surface area (Å²) in [6.07, 6.45) is 0. The number of nitrogens with one attached hydrogen (secondary N) is 1. The maximum atomic E-state index is 12.2. The van der Waals surface area contributed by atoms with E-state index in [0.717, 1.165) is 24.3 Å². The van der Waals surface area contributed by atoms with Crippen LogP contribution in [0.2, 0.25) is 0 Å². The second kappa shape index (κ2) is 6.69. The first-order valence-electron chi connectivity index (χ1n) is 6.71. The van der Waals surface area contributed by atoms with Gasteiger partial charge >= 0.3 is 16.1 Å². The first-order valence-corrected chi connectivity index (χ1v) is 8.12. The largest absolute Gasteiger partial charge is 0.504 e. The molecule has 0 heterocycles. The van der Waals surface area contributed by atoms with Crippen LogP contribution in [0.15, 0.2) is 41.3 Å². The molecule has 2 aromatic carbocycles. The maximum absolute atomic E-state index is 12.2. The van der Waals surface area contributed by atoms with Gasteiger partial charge in [-0.2, -0.15) is 8.42 Å². The summed E-state index contributed by atoms with van der Waals surface area (Å²) in [6.45, 7) is 1.29. The van der Waals surface area contributed by atoms with E-state index in [1.54, 1.807) is 0 Å². The quantitative estimate of drug-likeness (QED) is 0.459. The standard InChI is InChI=1S/C15H13NO8S/c1-8(17)16-10-2-4-11(5-3-10)25(22,23)24-13-7-9(15(20)21)6-12(18)14(13)19/h2-7,18-19H,1H3,(H,16,17)(H,20,21). The van der Waals surface area contributed by atoms with Crippen LogP contribution in [-0.2, 0) is 14.9 Å². The van der Waals surface area contributed by atoms with Crippen molar-refractivity contribution in [2.75, 3.05) is 5.32 Å². The predicted octanol–water partition coefficient (Wildman–Crippen LogP) is 1.52. The fraction of sp³-hybridized carbons (Fsp3) is 0.0667. The molecule has 2 aromatic rings. The van der Waals surface area contributed by atoms with Crippen LogP contribution in [0.4, 0.5) is 5.69 Å². The number of carboxylic acids is 1. The van der Waals surface area contributed by atoms with Crippen molar-refractivity contribution in [1.29, 1.82) is 0 Å². The lowest BCUT2D eigenvalue weighted by Crippen LogP contribution is -2.11. The molecule has 0 radical (unpaired) electrons. The van der Waals surface area contributed by atoms with E-state index in [1.807, 2.05) is 0 Å². The molecule has 132 valence electrons. The minimum absolute atomic E-state index is 0.304. The van der Waals surface area contributed by atoms with Gasteiger partial charge in [0.2, 0.25) is 11.7 Å². The van der Waals surface area contributed by atoms with Crippen LogP contribution in [0, 0.1) is 0 Å². The van der Waals surface area contributed by atoms with Gasteiger partial charge in [-0.15, -0.1) is 0 Å². The number of aromatic hydroxyl groups is 2. The monoisotopic (exact) mass is 367 g/mol. The molecule has 4 N–H and O–H groups in total. The van der Waals surface area contributed by atoms with Crippen LogP contribution in [-0.4, -0.2) is 35.6 Å². The highest BCUT2D eigenvalue weighted by Gasteiger charge is 2.22. The number of carbonyl (C=O) groups is 2. The van der Waals surface area contributed by atoms with E-state index in [-0.39, 0.29) is 10.8 Å². The predicted molar refractivity (Wildman–Crippen MR) is 85.3 cm³/mol. The maximum Gasteiger partial charge on any atom is 0.339 e. The van der Waals surface area contributed by atoms with Crippen molar-refractivity contribution in [1.82, 2.24) is 0 Å². The molecule has 0 spiro atoms. The van der Waals surface area contributed by atoms with E-state index < -0.39 is 38.9 Å².